The molecule has 0 radical (unpaired) electrons. The highest BCUT2D eigenvalue weighted by Crippen LogP contribution is 2.34. The number of fused-ring (bicyclic) bond motifs is 1. The van der Waals surface area contributed by atoms with Crippen LogP contribution >= 0.6 is 12.4 Å². The molecular weight excluding hydrogens is 490 g/mol. The molecule has 0 bridgehead atoms. The summed E-state index contributed by atoms with van der Waals surface area (Å²) in [5, 5.41) is 0. The summed E-state index contributed by atoms with van der Waals surface area (Å²) >= 11 is 0. The summed E-state index contributed by atoms with van der Waals surface area (Å²) in [7, 11) is 1.67. The molecule has 9 heteroatoms. The number of anilines is 1. The van der Waals surface area contributed by atoms with Crippen LogP contribution in [0.25, 0.3) is 11.5 Å². The fourth-order valence-electron chi connectivity index (χ4n) is 4.54. The number of imidazole rings is 1. The van der Waals surface area contributed by atoms with E-state index in [1.807, 2.05) is 66.9 Å². The molecule has 0 atom stereocenters. The Kier molecular flexibility index (Phi) is 8.19. The predicted molar refractivity (Wildman–Crippen MR) is 145 cm³/mol. The Balaban J connectivity index is 0.00000320. The van der Waals surface area contributed by atoms with Gasteiger partial charge in [0.05, 0.1) is 32.7 Å². The lowest BCUT2D eigenvalue weighted by Gasteiger charge is -2.22. The van der Waals surface area contributed by atoms with Gasteiger partial charge in [0.15, 0.2) is 34.7 Å². The van der Waals surface area contributed by atoms with E-state index in [0.29, 0.717) is 36.3 Å². The van der Waals surface area contributed by atoms with Crippen molar-refractivity contribution in [1.82, 2.24) is 19.5 Å². The first-order valence-electron chi connectivity index (χ1n) is 12.4. The molecule has 8 nitrogen and oxygen atoms in total. The zero-order chi connectivity index (χ0) is 25.1. The zero-order valence-corrected chi connectivity index (χ0v) is 22.3. The van der Waals surface area contributed by atoms with E-state index in [2.05, 4.69) is 4.98 Å². The largest absolute Gasteiger partial charge is 0.493 e. The van der Waals surface area contributed by atoms with Crippen LogP contribution in [0.15, 0.2) is 54.9 Å². The number of nitrogens with zero attached hydrogens (tertiary/aromatic N) is 4. The van der Waals surface area contributed by atoms with Crippen molar-refractivity contribution in [3.63, 3.8) is 0 Å². The molecule has 2 aliphatic heterocycles. The zero-order valence-electron chi connectivity index (χ0n) is 21.5. The van der Waals surface area contributed by atoms with E-state index in [1.54, 1.807) is 13.4 Å². The third-order valence-corrected chi connectivity index (χ3v) is 6.65. The van der Waals surface area contributed by atoms with E-state index in [4.69, 9.17) is 29.9 Å². The second kappa shape index (κ2) is 11.4. The summed E-state index contributed by atoms with van der Waals surface area (Å²) in [5.41, 5.74) is 8.19. The van der Waals surface area contributed by atoms with Crippen LogP contribution in [0, 0.1) is 0 Å². The van der Waals surface area contributed by atoms with Gasteiger partial charge in [-0.25, -0.2) is 15.0 Å². The van der Waals surface area contributed by atoms with Gasteiger partial charge in [-0.15, -0.1) is 12.4 Å². The number of nitrogen functional groups attached to an aromatic ring is 1. The van der Waals surface area contributed by atoms with Crippen molar-refractivity contribution in [1.29, 1.82) is 0 Å². The molecule has 0 amide bonds. The van der Waals surface area contributed by atoms with Gasteiger partial charge in [0.25, 0.3) is 0 Å². The van der Waals surface area contributed by atoms with Crippen LogP contribution in [0.5, 0.6) is 11.5 Å². The maximum Gasteiger partial charge on any atom is 0.166 e. The van der Waals surface area contributed by atoms with Crippen LogP contribution in [0.4, 0.5) is 5.82 Å². The minimum atomic E-state index is -0.707. The smallest absolute Gasteiger partial charge is 0.166 e. The molecule has 2 heterocycles. The van der Waals surface area contributed by atoms with E-state index in [1.165, 1.54) is 12.8 Å². The number of rotatable bonds is 9. The standard InChI is InChI=1S/C28H33N5O3.ClH/c1-28(2,35-17-19-9-5-4-6-10-19)27-31-24-25(29)30-18-33(26(24)32-27)16-20-13-14-22(34-3)23(15-20)36-21-11-7-8-12-21;/h4-6,9-10,13-15,18,21H,7-8,11-12,16-17,29H2,1-3H3;1H. The monoisotopic (exact) mass is 523 g/mol. The Morgan fingerprint density at radius 2 is 1.76 bits per heavy atom. The molecule has 196 valence electrons. The summed E-state index contributed by atoms with van der Waals surface area (Å²) in [6.45, 7) is 4.93. The predicted octanol–water partition coefficient (Wildman–Crippen LogP) is 5.61. The summed E-state index contributed by atoms with van der Waals surface area (Å²) in [6.07, 6.45) is 6.53. The molecule has 0 spiro atoms. The van der Waals surface area contributed by atoms with Crippen molar-refractivity contribution in [2.45, 2.75) is 64.4 Å². The lowest BCUT2D eigenvalue weighted by atomic mass is 10.1. The van der Waals surface area contributed by atoms with Gasteiger partial charge in [-0.05, 0) is 62.8 Å². The van der Waals surface area contributed by atoms with Crippen molar-refractivity contribution in [3.8, 4) is 23.0 Å². The fraction of sp³-hybridized carbons (Fsp3) is 0.393. The highest BCUT2D eigenvalue weighted by molar-refractivity contribution is 5.85. The quantitative estimate of drug-likeness (QED) is 0.304. The lowest BCUT2D eigenvalue weighted by molar-refractivity contribution is -0.0393. The molecule has 37 heavy (non-hydrogen) atoms. The van der Waals surface area contributed by atoms with Crippen molar-refractivity contribution in [2.75, 3.05) is 12.8 Å². The Hall–Kier alpha value is -3.36. The van der Waals surface area contributed by atoms with E-state index in [-0.39, 0.29) is 18.5 Å². The molecule has 5 rings (SSSR count). The van der Waals surface area contributed by atoms with Crippen LogP contribution in [0.3, 0.4) is 0 Å². The molecule has 1 saturated carbocycles. The molecule has 1 aliphatic carbocycles. The molecule has 3 aliphatic rings. The average molecular weight is 524 g/mol. The van der Waals surface area contributed by atoms with Crippen LogP contribution in [0.2, 0.25) is 0 Å². The minimum absolute atomic E-state index is 0. The van der Waals surface area contributed by atoms with Crippen molar-refractivity contribution < 1.29 is 14.2 Å². The minimum Gasteiger partial charge on any atom is -0.493 e. The van der Waals surface area contributed by atoms with Gasteiger partial charge < -0.3 is 24.5 Å². The average Bonchev–Trinajstić information content (AvgIpc) is 3.57. The van der Waals surface area contributed by atoms with Gasteiger partial charge in [-0.1, -0.05) is 36.4 Å². The number of benzene rings is 2. The van der Waals surface area contributed by atoms with Crippen molar-refractivity contribution in [2.24, 2.45) is 0 Å². The first-order chi connectivity index (χ1) is 17.4. The van der Waals surface area contributed by atoms with Gasteiger partial charge in [-0.2, -0.15) is 0 Å². The van der Waals surface area contributed by atoms with Crippen LogP contribution in [-0.2, 0) is 23.5 Å². The molecule has 0 saturated heterocycles. The second-order valence-corrected chi connectivity index (χ2v) is 9.77. The highest BCUT2D eigenvalue weighted by Gasteiger charge is 2.30. The molecule has 2 aromatic carbocycles. The third-order valence-electron chi connectivity index (χ3n) is 6.65. The van der Waals surface area contributed by atoms with Gasteiger partial charge in [0.2, 0.25) is 0 Å². The van der Waals surface area contributed by atoms with Gasteiger partial charge in [0.1, 0.15) is 5.60 Å². The second-order valence-electron chi connectivity index (χ2n) is 9.77. The number of aromatic nitrogens is 4. The van der Waals surface area contributed by atoms with Crippen LogP contribution in [-0.4, -0.2) is 32.7 Å². The third kappa shape index (κ3) is 5.97. The van der Waals surface area contributed by atoms with Crippen molar-refractivity contribution in [3.05, 3.63) is 71.8 Å². The van der Waals surface area contributed by atoms with Crippen LogP contribution < -0.4 is 15.2 Å². The number of ether oxygens (including phenoxy) is 3. The first-order valence-corrected chi connectivity index (χ1v) is 12.4. The molecule has 2 N–H and O–H groups in total. The number of halogens is 1. The molecule has 1 fully saturated rings. The molecule has 0 aromatic heterocycles. The Labute approximate surface area is 224 Å². The number of hydrogen-bond donors (Lipinski definition) is 1. The molecular formula is C28H34ClN5O3. The Bertz CT molecular complexity index is 1290. The summed E-state index contributed by atoms with van der Waals surface area (Å²) in [4.78, 5) is 13.9. The SMILES string of the molecule is COc1ccc(Cn2cnc(N)c3nc(C(C)(C)OCc4ccccc4)nc2-3)cc1OC1CCCC1.Cl. The van der Waals surface area contributed by atoms with Crippen LogP contribution in [0.1, 0.15) is 56.5 Å². The summed E-state index contributed by atoms with van der Waals surface area (Å²) in [5.74, 6) is 3.10. The maximum atomic E-state index is 6.28. The normalized spacial score (nSPS) is 14.0. The highest BCUT2D eigenvalue weighted by atomic mass is 35.5. The Morgan fingerprint density at radius 3 is 2.49 bits per heavy atom. The topological polar surface area (TPSA) is 97.3 Å². The van der Waals surface area contributed by atoms with Crippen molar-refractivity contribution >= 4 is 18.2 Å². The molecule has 0 unspecified atom stereocenters. The number of methoxy groups -OCH3 is 1. The number of hydrogen-bond acceptors (Lipinski definition) is 7. The Morgan fingerprint density at radius 1 is 1.00 bits per heavy atom. The number of nitrogens with two attached hydrogens (primary N) is 1. The van der Waals surface area contributed by atoms with E-state index >= 15 is 0 Å². The summed E-state index contributed by atoms with van der Waals surface area (Å²) in [6, 6.07) is 16.1. The van der Waals surface area contributed by atoms with E-state index < -0.39 is 5.60 Å². The van der Waals surface area contributed by atoms with E-state index in [0.717, 1.165) is 35.5 Å². The lowest BCUT2D eigenvalue weighted by Crippen LogP contribution is -2.23. The first kappa shape index (κ1) is 26.7. The fourth-order valence-corrected chi connectivity index (χ4v) is 4.54. The summed E-state index contributed by atoms with van der Waals surface area (Å²) < 4.78 is 20.0. The van der Waals surface area contributed by atoms with Gasteiger partial charge >= 0.3 is 0 Å². The van der Waals surface area contributed by atoms with Gasteiger partial charge in [-0.3, -0.25) is 0 Å². The van der Waals surface area contributed by atoms with E-state index in [9.17, 15) is 0 Å². The van der Waals surface area contributed by atoms with Gasteiger partial charge in [0, 0.05) is 0 Å². The molecule has 2 aromatic rings. The maximum absolute atomic E-state index is 6.28.